The summed E-state index contributed by atoms with van der Waals surface area (Å²) in [5, 5.41) is 0. The Labute approximate surface area is 134 Å². The smallest absolute Gasteiger partial charge is 0.759 e. The van der Waals surface area contributed by atoms with Crippen molar-refractivity contribution in [2.75, 3.05) is 0 Å². The second-order valence-electron chi connectivity index (χ2n) is 1.22. The van der Waals surface area contributed by atoms with Crippen molar-refractivity contribution in [1.29, 1.82) is 0 Å². The molecule has 0 aromatic heterocycles. The summed E-state index contributed by atoms with van der Waals surface area (Å²) in [6.45, 7) is 0. The fourth-order valence-corrected chi connectivity index (χ4v) is 0. The van der Waals surface area contributed by atoms with E-state index in [2.05, 4.69) is 0 Å². The van der Waals surface area contributed by atoms with Crippen molar-refractivity contribution in [1.82, 2.24) is 0 Å². The molecule has 0 amide bonds. The van der Waals surface area contributed by atoms with E-state index in [1.165, 1.54) is 0 Å². The monoisotopic (exact) mass is 446 g/mol. The van der Waals surface area contributed by atoms with Gasteiger partial charge < -0.3 is 43.7 Å². The van der Waals surface area contributed by atoms with Gasteiger partial charge in [-0.1, -0.05) is 0 Å². The first-order valence-corrected chi connectivity index (χ1v) is 6.00. The predicted molar refractivity (Wildman–Crippen MR) is 42.3 cm³/mol. The molecule has 0 saturated heterocycles. The molecule has 0 unspecified atom stereocenters. The molecular formula is H6Cr2O15S3. The summed E-state index contributed by atoms with van der Waals surface area (Å²) in [6, 6.07) is 0. The molecule has 0 heterocycles. The van der Waals surface area contributed by atoms with Crippen LogP contribution in [0.1, 0.15) is 0 Å². The second-order valence-corrected chi connectivity index (χ2v) is 3.67. The molecule has 0 aromatic carbocycles. The van der Waals surface area contributed by atoms with E-state index in [9.17, 15) is 0 Å². The maximum Gasteiger partial charge on any atom is 3.00 e. The van der Waals surface area contributed by atoms with Crippen LogP contribution in [-0.2, 0) is 65.9 Å². The van der Waals surface area contributed by atoms with Crippen LogP contribution in [0, 0.1) is 0 Å². The summed E-state index contributed by atoms with van der Waals surface area (Å²) in [7, 11) is -15.5. The Bertz CT molecular complexity index is 342. The Morgan fingerprint density at radius 3 is 0.400 bits per heavy atom. The molecule has 6 N–H and O–H groups in total. The van der Waals surface area contributed by atoms with E-state index < -0.39 is 31.2 Å². The third-order valence-electron chi connectivity index (χ3n) is 0. The van der Waals surface area contributed by atoms with Crippen molar-refractivity contribution in [2.24, 2.45) is 0 Å². The van der Waals surface area contributed by atoms with Gasteiger partial charge in [0.1, 0.15) is 0 Å². The van der Waals surface area contributed by atoms with Crippen LogP contribution in [0.2, 0.25) is 0 Å². The minimum absolute atomic E-state index is 0. The van der Waals surface area contributed by atoms with Crippen LogP contribution in [0.5, 0.6) is 0 Å². The molecule has 0 fully saturated rings. The second kappa shape index (κ2) is 19.6. The third kappa shape index (κ3) is 18600. The quantitative estimate of drug-likeness (QED) is 0.247. The van der Waals surface area contributed by atoms with Crippen LogP contribution in [-0.4, -0.2) is 69.0 Å². The number of hydrogen-bond acceptors (Lipinski definition) is 12. The molecule has 0 spiro atoms. The average Bonchev–Trinajstić information content (AvgIpc) is 1.41. The molecule has 0 aromatic rings. The van der Waals surface area contributed by atoms with Gasteiger partial charge in [-0.3, -0.25) is 25.3 Å². The van der Waals surface area contributed by atoms with Gasteiger partial charge in [0.2, 0.25) is 0 Å². The first-order valence-electron chi connectivity index (χ1n) is 2.00. The van der Waals surface area contributed by atoms with Gasteiger partial charge >= 0.3 is 34.7 Å². The molecule has 0 atom stereocenters. The molecular weight excluding hydrogens is 440 g/mol. The first-order chi connectivity index (χ1) is 6.00. The molecule has 0 aliphatic rings. The van der Waals surface area contributed by atoms with Crippen molar-refractivity contribution >= 4 is 31.2 Å². The zero-order valence-corrected chi connectivity index (χ0v) is 13.4. The van der Waals surface area contributed by atoms with Gasteiger partial charge in [0.05, 0.1) is 0 Å². The molecule has 20 heteroatoms. The van der Waals surface area contributed by atoms with Gasteiger partial charge in [-0.25, -0.2) is 0 Å². The predicted octanol–water partition coefficient (Wildman–Crippen LogP) is -6.49. The van der Waals surface area contributed by atoms with Gasteiger partial charge in [-0.15, -0.1) is 0 Å². The minimum Gasteiger partial charge on any atom is -0.759 e. The van der Waals surface area contributed by atoms with Gasteiger partial charge in [0.15, 0.2) is 0 Å². The fourth-order valence-electron chi connectivity index (χ4n) is 0. The van der Waals surface area contributed by atoms with Crippen LogP contribution < -0.4 is 0 Å². The summed E-state index contributed by atoms with van der Waals surface area (Å²) in [5.41, 5.74) is 0. The van der Waals surface area contributed by atoms with Crippen LogP contribution in [0.3, 0.4) is 0 Å². The zero-order chi connectivity index (χ0) is 13.5. The van der Waals surface area contributed by atoms with Gasteiger partial charge in [0, 0.05) is 31.2 Å². The largest absolute Gasteiger partial charge is 3.00 e. The Morgan fingerprint density at radius 2 is 0.400 bits per heavy atom. The van der Waals surface area contributed by atoms with Crippen LogP contribution in [0.25, 0.3) is 0 Å². The van der Waals surface area contributed by atoms with Crippen molar-refractivity contribution < 1.29 is 104 Å². The maximum atomic E-state index is 8.52. The maximum absolute atomic E-state index is 8.52. The topological polar surface area (TPSA) is 335 Å². The van der Waals surface area contributed by atoms with Gasteiger partial charge in [-0.05, 0) is 0 Å². The Kier molecular flexibility index (Phi) is 48.8. The Hall–Kier alpha value is 0.555. The molecule has 0 rings (SSSR count). The molecule has 20 heavy (non-hydrogen) atoms. The van der Waals surface area contributed by atoms with E-state index in [0.29, 0.717) is 0 Å². The van der Waals surface area contributed by atoms with Crippen molar-refractivity contribution in [3.05, 3.63) is 0 Å². The van der Waals surface area contributed by atoms with E-state index in [1.54, 1.807) is 0 Å². The van der Waals surface area contributed by atoms with E-state index in [-0.39, 0.29) is 51.2 Å². The standard InChI is InChI=1S/2Cr.3H2O4S.3H2O/c;;3*1-5(2,3)4;;;/h;;3*(H2,1,2,3,4);3*1H2/q2*+3;;;;;;/p-6. The van der Waals surface area contributed by atoms with Crippen LogP contribution in [0.4, 0.5) is 0 Å². The molecule has 0 aliphatic heterocycles. The van der Waals surface area contributed by atoms with Crippen LogP contribution in [0.15, 0.2) is 0 Å². The van der Waals surface area contributed by atoms with E-state index >= 15 is 0 Å². The van der Waals surface area contributed by atoms with Crippen molar-refractivity contribution in [3.8, 4) is 0 Å². The summed E-state index contributed by atoms with van der Waals surface area (Å²) < 4.78 is 102. The normalized spacial score (nSPS) is 8.70. The molecule has 15 nitrogen and oxygen atoms in total. The fraction of sp³-hybridized carbons (Fsp3) is 0. The Morgan fingerprint density at radius 1 is 0.400 bits per heavy atom. The average molecular weight is 446 g/mol. The summed E-state index contributed by atoms with van der Waals surface area (Å²) in [4.78, 5) is 0. The van der Waals surface area contributed by atoms with Gasteiger partial charge in [0.25, 0.3) is 0 Å². The zero-order valence-electron chi connectivity index (χ0n) is 8.44. The van der Waals surface area contributed by atoms with Crippen molar-refractivity contribution in [2.45, 2.75) is 0 Å². The van der Waals surface area contributed by atoms with E-state index in [4.69, 9.17) is 52.6 Å². The third-order valence-corrected chi connectivity index (χ3v) is 0. The molecule has 2 radical (unpaired) electrons. The molecule has 0 saturated carbocycles. The summed E-state index contributed by atoms with van der Waals surface area (Å²) in [6.07, 6.45) is 0. The van der Waals surface area contributed by atoms with Crippen LogP contribution >= 0.6 is 0 Å². The summed E-state index contributed by atoms with van der Waals surface area (Å²) >= 11 is 0. The number of hydrogen-bond donors (Lipinski definition) is 0. The van der Waals surface area contributed by atoms with E-state index in [1.807, 2.05) is 0 Å². The first kappa shape index (κ1) is 49.9. The minimum atomic E-state index is -5.17. The number of rotatable bonds is 0. The molecule has 0 aliphatic carbocycles. The molecule has 126 valence electrons. The van der Waals surface area contributed by atoms with Gasteiger partial charge in [-0.2, -0.15) is 0 Å². The molecule has 0 bridgehead atoms. The summed E-state index contributed by atoms with van der Waals surface area (Å²) in [5.74, 6) is 0. The van der Waals surface area contributed by atoms with Crippen molar-refractivity contribution in [3.63, 3.8) is 0 Å². The SMILES string of the molecule is O.O.O.O=S(=O)([O-])[O-].O=S(=O)([O-])[O-].O=S(=O)([O-])[O-].[Cr+3].[Cr+3]. The Balaban J connectivity index is -0.0000000160. The van der Waals surface area contributed by atoms with E-state index in [0.717, 1.165) is 0 Å².